The predicted octanol–water partition coefficient (Wildman–Crippen LogP) is 17.9. The molecule has 4 heteroatoms. The maximum Gasteiger partial charge on any atom is 0.220 e. The summed E-state index contributed by atoms with van der Waals surface area (Å²) < 4.78 is 0. The Bertz CT molecular complexity index is 970. The molecule has 0 aromatic heterocycles. The number of hydrogen-bond acceptors (Lipinski definition) is 3. The van der Waals surface area contributed by atoms with Gasteiger partial charge in [0, 0.05) is 6.42 Å². The lowest BCUT2D eigenvalue weighted by Gasteiger charge is -2.22. The van der Waals surface area contributed by atoms with Crippen molar-refractivity contribution in [3.8, 4) is 0 Å². The fourth-order valence-corrected chi connectivity index (χ4v) is 8.47. The molecular formula is C57H107NO3. The van der Waals surface area contributed by atoms with Gasteiger partial charge in [0.25, 0.3) is 0 Å². The van der Waals surface area contributed by atoms with E-state index in [0.717, 1.165) is 51.4 Å². The van der Waals surface area contributed by atoms with Crippen molar-refractivity contribution in [3.63, 3.8) is 0 Å². The van der Waals surface area contributed by atoms with E-state index >= 15 is 0 Å². The Morgan fingerprint density at radius 3 is 1.08 bits per heavy atom. The Kier molecular flexibility index (Phi) is 51.3. The molecule has 0 saturated carbocycles. The Labute approximate surface area is 382 Å². The second-order valence-electron chi connectivity index (χ2n) is 18.6. The summed E-state index contributed by atoms with van der Waals surface area (Å²) in [5.74, 6) is -0.0277. The van der Waals surface area contributed by atoms with Crippen molar-refractivity contribution in [2.75, 3.05) is 6.61 Å². The molecule has 0 bridgehead atoms. The molecule has 0 rings (SSSR count). The van der Waals surface area contributed by atoms with Gasteiger partial charge in [0.1, 0.15) is 0 Å². The lowest BCUT2D eigenvalue weighted by molar-refractivity contribution is -0.123. The highest BCUT2D eigenvalue weighted by molar-refractivity contribution is 5.76. The van der Waals surface area contributed by atoms with E-state index in [4.69, 9.17) is 0 Å². The van der Waals surface area contributed by atoms with E-state index in [-0.39, 0.29) is 12.5 Å². The van der Waals surface area contributed by atoms with Crippen molar-refractivity contribution in [1.82, 2.24) is 5.32 Å². The Balaban J connectivity index is 3.44. The van der Waals surface area contributed by atoms with E-state index < -0.39 is 12.1 Å². The van der Waals surface area contributed by atoms with Crippen LogP contribution in [-0.2, 0) is 4.79 Å². The van der Waals surface area contributed by atoms with E-state index in [1.165, 1.54) is 212 Å². The number of unbranched alkanes of at least 4 members (excludes halogenated alkanes) is 35. The van der Waals surface area contributed by atoms with Crippen molar-refractivity contribution < 1.29 is 15.0 Å². The summed E-state index contributed by atoms with van der Waals surface area (Å²) in [4.78, 5) is 12.5. The topological polar surface area (TPSA) is 69.6 Å². The van der Waals surface area contributed by atoms with Crippen LogP contribution in [0.15, 0.2) is 48.6 Å². The molecule has 0 fully saturated rings. The van der Waals surface area contributed by atoms with Gasteiger partial charge in [0.05, 0.1) is 18.8 Å². The highest BCUT2D eigenvalue weighted by atomic mass is 16.3. The van der Waals surface area contributed by atoms with E-state index in [2.05, 4.69) is 67.8 Å². The van der Waals surface area contributed by atoms with Gasteiger partial charge >= 0.3 is 0 Å². The standard InChI is InChI=1S/C57H107NO3/c1-3-5-7-9-11-13-15-17-19-21-23-24-25-26-27-28-29-30-31-32-33-34-35-37-39-41-43-45-47-49-51-53-57(61)58-55(54-59)56(60)52-50-48-46-44-42-40-38-36-22-20-18-16-14-12-10-8-6-4-2/h5,7,11,13,17,19,23-24,55-56,59-60H,3-4,6,8-10,12,14-16,18,20-22,25-54H2,1-2H3,(H,58,61)/b7-5-,13-11-,19-17-,24-23-. The van der Waals surface area contributed by atoms with Gasteiger partial charge in [-0.15, -0.1) is 0 Å². The summed E-state index contributed by atoms with van der Waals surface area (Å²) in [5.41, 5.74) is 0. The highest BCUT2D eigenvalue weighted by Gasteiger charge is 2.20. The number of carbonyl (C=O) groups is 1. The van der Waals surface area contributed by atoms with Gasteiger partial charge in [0.15, 0.2) is 0 Å². The van der Waals surface area contributed by atoms with Crippen LogP contribution in [0.5, 0.6) is 0 Å². The first-order valence-corrected chi connectivity index (χ1v) is 27.3. The van der Waals surface area contributed by atoms with Gasteiger partial charge in [-0.2, -0.15) is 0 Å². The van der Waals surface area contributed by atoms with Crippen LogP contribution in [0.1, 0.15) is 290 Å². The molecule has 0 radical (unpaired) electrons. The first-order chi connectivity index (χ1) is 30.2. The van der Waals surface area contributed by atoms with Gasteiger partial charge in [-0.05, 0) is 51.4 Å². The van der Waals surface area contributed by atoms with Crippen LogP contribution in [0, 0.1) is 0 Å². The monoisotopic (exact) mass is 854 g/mol. The summed E-state index contributed by atoms with van der Waals surface area (Å²) >= 11 is 0. The molecule has 358 valence electrons. The average Bonchev–Trinajstić information content (AvgIpc) is 3.26. The maximum absolute atomic E-state index is 12.5. The summed E-state index contributed by atoms with van der Waals surface area (Å²) in [6, 6.07) is -0.536. The summed E-state index contributed by atoms with van der Waals surface area (Å²) in [6.45, 7) is 4.27. The van der Waals surface area contributed by atoms with Crippen molar-refractivity contribution in [1.29, 1.82) is 0 Å². The molecule has 0 aromatic rings. The zero-order chi connectivity index (χ0) is 44.2. The third kappa shape index (κ3) is 49.2. The van der Waals surface area contributed by atoms with Crippen molar-refractivity contribution in [2.45, 2.75) is 302 Å². The number of aliphatic hydroxyl groups excluding tert-OH is 2. The smallest absolute Gasteiger partial charge is 0.220 e. The molecule has 2 atom stereocenters. The minimum atomic E-state index is -0.659. The number of carbonyl (C=O) groups excluding carboxylic acids is 1. The quantitative estimate of drug-likeness (QED) is 0.0422. The lowest BCUT2D eigenvalue weighted by Crippen LogP contribution is -2.45. The van der Waals surface area contributed by atoms with Crippen LogP contribution in [0.4, 0.5) is 0 Å². The van der Waals surface area contributed by atoms with Gasteiger partial charge in [0.2, 0.25) is 5.91 Å². The van der Waals surface area contributed by atoms with E-state index in [1.807, 2.05) is 0 Å². The number of nitrogens with one attached hydrogen (secondary N) is 1. The zero-order valence-electron chi connectivity index (χ0n) is 41.2. The minimum Gasteiger partial charge on any atom is -0.394 e. The average molecular weight is 854 g/mol. The normalized spacial score (nSPS) is 13.2. The molecule has 0 spiro atoms. The van der Waals surface area contributed by atoms with Crippen LogP contribution in [0.25, 0.3) is 0 Å². The molecule has 0 heterocycles. The van der Waals surface area contributed by atoms with Crippen molar-refractivity contribution in [3.05, 3.63) is 48.6 Å². The van der Waals surface area contributed by atoms with Crippen molar-refractivity contribution in [2.24, 2.45) is 0 Å². The van der Waals surface area contributed by atoms with E-state index in [1.54, 1.807) is 0 Å². The Morgan fingerprint density at radius 1 is 0.410 bits per heavy atom. The molecular weight excluding hydrogens is 747 g/mol. The van der Waals surface area contributed by atoms with Crippen LogP contribution in [0.2, 0.25) is 0 Å². The summed E-state index contributed by atoms with van der Waals surface area (Å²) in [5, 5.41) is 23.3. The van der Waals surface area contributed by atoms with Crippen LogP contribution >= 0.6 is 0 Å². The Hall–Kier alpha value is -1.65. The fourth-order valence-electron chi connectivity index (χ4n) is 8.47. The summed E-state index contributed by atoms with van der Waals surface area (Å²) in [6.07, 6.45) is 72.3. The molecule has 61 heavy (non-hydrogen) atoms. The van der Waals surface area contributed by atoms with E-state index in [0.29, 0.717) is 12.8 Å². The number of allylic oxidation sites excluding steroid dienone is 8. The predicted molar refractivity (Wildman–Crippen MR) is 271 cm³/mol. The molecule has 0 aliphatic carbocycles. The van der Waals surface area contributed by atoms with Crippen molar-refractivity contribution >= 4 is 5.91 Å². The zero-order valence-corrected chi connectivity index (χ0v) is 41.2. The third-order valence-corrected chi connectivity index (χ3v) is 12.6. The highest BCUT2D eigenvalue weighted by Crippen LogP contribution is 2.17. The molecule has 1 amide bonds. The largest absolute Gasteiger partial charge is 0.394 e. The molecule has 4 nitrogen and oxygen atoms in total. The first kappa shape index (κ1) is 59.4. The van der Waals surface area contributed by atoms with Crippen LogP contribution in [0.3, 0.4) is 0 Å². The van der Waals surface area contributed by atoms with Crippen LogP contribution < -0.4 is 5.32 Å². The molecule has 3 N–H and O–H groups in total. The molecule has 0 aliphatic heterocycles. The minimum absolute atomic E-state index is 0.0277. The number of hydrogen-bond donors (Lipinski definition) is 3. The second kappa shape index (κ2) is 52.7. The van der Waals surface area contributed by atoms with Gasteiger partial charge < -0.3 is 15.5 Å². The maximum atomic E-state index is 12.5. The summed E-state index contributed by atoms with van der Waals surface area (Å²) in [7, 11) is 0. The van der Waals surface area contributed by atoms with E-state index in [9.17, 15) is 15.0 Å². The fraction of sp³-hybridized carbons (Fsp3) is 0.842. The number of amides is 1. The molecule has 0 aromatic carbocycles. The Morgan fingerprint density at radius 2 is 0.721 bits per heavy atom. The molecule has 2 unspecified atom stereocenters. The lowest BCUT2D eigenvalue weighted by atomic mass is 10.0. The van der Waals surface area contributed by atoms with Gasteiger partial charge in [-0.3, -0.25) is 4.79 Å². The van der Waals surface area contributed by atoms with Gasteiger partial charge in [-0.25, -0.2) is 0 Å². The van der Waals surface area contributed by atoms with Gasteiger partial charge in [-0.1, -0.05) is 281 Å². The number of aliphatic hydroxyl groups is 2. The molecule has 0 aliphatic rings. The number of rotatable bonds is 50. The third-order valence-electron chi connectivity index (χ3n) is 12.6. The SMILES string of the molecule is CC/C=C\C/C=C\C/C=C\C/C=C\CCCCCCCCCCCCCCCCCCCCC(=O)NC(CO)C(O)CCCCCCCCCCCCCCCCCCCC. The second-order valence-corrected chi connectivity index (χ2v) is 18.6. The first-order valence-electron chi connectivity index (χ1n) is 27.3. The van der Waals surface area contributed by atoms with Crippen LogP contribution in [-0.4, -0.2) is 34.9 Å². The molecule has 0 saturated heterocycles.